The Kier molecular flexibility index (Phi) is 3.98. The first-order valence-corrected chi connectivity index (χ1v) is 8.54. The van der Waals surface area contributed by atoms with Crippen LogP contribution in [-0.2, 0) is 0 Å². The fourth-order valence-electron chi connectivity index (χ4n) is 5.43. The van der Waals surface area contributed by atoms with Crippen LogP contribution >= 0.6 is 0 Å². The summed E-state index contributed by atoms with van der Waals surface area (Å²) in [5.41, 5.74) is 0. The lowest BCUT2D eigenvalue weighted by Gasteiger charge is -2.20. The van der Waals surface area contributed by atoms with Crippen LogP contribution in [0.15, 0.2) is 0 Å². The van der Waals surface area contributed by atoms with Crippen LogP contribution in [0.3, 0.4) is 0 Å². The van der Waals surface area contributed by atoms with Gasteiger partial charge in [0.25, 0.3) is 0 Å². The lowest BCUT2D eigenvalue weighted by Crippen LogP contribution is -2.30. The minimum atomic E-state index is 0.852. The van der Waals surface area contributed by atoms with Gasteiger partial charge in [0.1, 0.15) is 0 Å². The van der Waals surface area contributed by atoms with E-state index in [1.807, 2.05) is 0 Å². The maximum absolute atomic E-state index is 3.65. The lowest BCUT2D eigenvalue weighted by molar-refractivity contribution is 0.354. The molecule has 0 heterocycles. The van der Waals surface area contributed by atoms with Crippen molar-refractivity contribution in [1.29, 1.82) is 0 Å². The maximum Gasteiger partial charge on any atom is 0.00980 e. The molecular formula is C17H31N. The summed E-state index contributed by atoms with van der Waals surface area (Å²) in [5, 5.41) is 3.65. The molecule has 0 aromatic heterocycles. The molecule has 3 saturated carbocycles. The Hall–Kier alpha value is -0.0400. The Balaban J connectivity index is 1.41. The van der Waals surface area contributed by atoms with Crippen molar-refractivity contribution in [2.24, 2.45) is 29.6 Å². The van der Waals surface area contributed by atoms with Crippen molar-refractivity contribution in [3.05, 3.63) is 0 Å². The molecule has 0 aromatic rings. The number of hydrogen-bond acceptors (Lipinski definition) is 1. The van der Waals surface area contributed by atoms with Gasteiger partial charge in [-0.1, -0.05) is 39.0 Å². The second-order valence-corrected chi connectivity index (χ2v) is 7.16. The minimum Gasteiger partial charge on any atom is -0.317 e. The Morgan fingerprint density at radius 3 is 2.28 bits per heavy atom. The maximum atomic E-state index is 3.65. The van der Waals surface area contributed by atoms with E-state index in [1.165, 1.54) is 38.5 Å². The molecule has 104 valence electrons. The van der Waals surface area contributed by atoms with Crippen LogP contribution in [0.4, 0.5) is 0 Å². The van der Waals surface area contributed by atoms with Gasteiger partial charge in [0.15, 0.2) is 0 Å². The van der Waals surface area contributed by atoms with Crippen LogP contribution in [0.1, 0.15) is 64.7 Å². The zero-order chi connectivity index (χ0) is 12.5. The van der Waals surface area contributed by atoms with Crippen molar-refractivity contribution >= 4 is 0 Å². The van der Waals surface area contributed by atoms with Crippen LogP contribution in [0.5, 0.6) is 0 Å². The first kappa shape index (κ1) is 13.0. The topological polar surface area (TPSA) is 12.0 Å². The molecule has 0 amide bonds. The number of fused-ring (bicyclic) bond motifs is 5. The van der Waals surface area contributed by atoms with Crippen LogP contribution in [-0.4, -0.2) is 13.1 Å². The van der Waals surface area contributed by atoms with E-state index in [0.717, 1.165) is 35.6 Å². The molecule has 2 bridgehead atoms. The van der Waals surface area contributed by atoms with Crippen molar-refractivity contribution in [3.8, 4) is 0 Å². The van der Waals surface area contributed by atoms with Crippen molar-refractivity contribution in [2.45, 2.75) is 70.8 Å². The van der Waals surface area contributed by atoms with Crippen LogP contribution in [0.2, 0.25) is 0 Å². The van der Waals surface area contributed by atoms with Crippen LogP contribution in [0.25, 0.3) is 0 Å². The van der Waals surface area contributed by atoms with E-state index in [1.54, 1.807) is 19.3 Å². The molecule has 1 heteroatoms. The minimum absolute atomic E-state index is 0.852. The van der Waals surface area contributed by atoms with E-state index >= 15 is 0 Å². The van der Waals surface area contributed by atoms with Crippen LogP contribution < -0.4 is 5.32 Å². The molecule has 3 fully saturated rings. The van der Waals surface area contributed by atoms with Crippen LogP contribution in [0, 0.1) is 29.6 Å². The second kappa shape index (κ2) is 5.53. The highest BCUT2D eigenvalue weighted by molar-refractivity contribution is 5.15. The average molecular weight is 249 g/mol. The van der Waals surface area contributed by atoms with Gasteiger partial charge in [-0.15, -0.1) is 0 Å². The van der Waals surface area contributed by atoms with Crippen molar-refractivity contribution in [3.63, 3.8) is 0 Å². The van der Waals surface area contributed by atoms with Gasteiger partial charge in [0.05, 0.1) is 0 Å². The first-order chi connectivity index (χ1) is 8.86. The standard InChI is InChI=1S/C17H31N/c1-3-4-5-6-7-8-14(18-2)17-15-12-9-10-13(11-12)16(15)17/h12-18H,3-11H2,1-2H3. The molecule has 5 unspecified atom stereocenters. The first-order valence-electron chi connectivity index (χ1n) is 8.54. The molecule has 3 aliphatic carbocycles. The van der Waals surface area contributed by atoms with Crippen molar-refractivity contribution in [2.75, 3.05) is 7.05 Å². The molecule has 3 rings (SSSR count). The molecule has 5 atom stereocenters. The zero-order valence-corrected chi connectivity index (χ0v) is 12.3. The second-order valence-electron chi connectivity index (χ2n) is 7.16. The van der Waals surface area contributed by atoms with Gasteiger partial charge >= 0.3 is 0 Å². The quantitative estimate of drug-likeness (QED) is 0.635. The number of hydrogen-bond donors (Lipinski definition) is 1. The third-order valence-corrected chi connectivity index (χ3v) is 6.25. The summed E-state index contributed by atoms with van der Waals surface area (Å²) in [6, 6.07) is 0.852. The molecule has 0 spiro atoms. The third-order valence-electron chi connectivity index (χ3n) is 6.25. The molecule has 0 aromatic carbocycles. The van der Waals surface area contributed by atoms with E-state index in [9.17, 15) is 0 Å². The smallest absolute Gasteiger partial charge is 0.00980 e. The fraction of sp³-hybridized carbons (Fsp3) is 1.00. The SMILES string of the molecule is CCCCCCCC(NC)C1C2C3CCC(C3)C21. The van der Waals surface area contributed by atoms with Crippen molar-refractivity contribution < 1.29 is 0 Å². The summed E-state index contributed by atoms with van der Waals surface area (Å²) in [6.07, 6.45) is 13.3. The van der Waals surface area contributed by atoms with Gasteiger partial charge in [0.2, 0.25) is 0 Å². The van der Waals surface area contributed by atoms with Gasteiger partial charge in [-0.05, 0) is 62.3 Å². The monoisotopic (exact) mass is 249 g/mol. The van der Waals surface area contributed by atoms with E-state index in [2.05, 4.69) is 19.3 Å². The lowest BCUT2D eigenvalue weighted by atomic mass is 9.94. The van der Waals surface area contributed by atoms with Gasteiger partial charge in [0, 0.05) is 6.04 Å². The highest BCUT2D eigenvalue weighted by Crippen LogP contribution is 2.70. The summed E-state index contributed by atoms with van der Waals surface area (Å²) in [7, 11) is 2.20. The van der Waals surface area contributed by atoms with Gasteiger partial charge in [-0.2, -0.15) is 0 Å². The van der Waals surface area contributed by atoms with Gasteiger partial charge in [-0.3, -0.25) is 0 Å². The predicted molar refractivity (Wildman–Crippen MR) is 77.5 cm³/mol. The van der Waals surface area contributed by atoms with E-state index in [0.29, 0.717) is 0 Å². The van der Waals surface area contributed by atoms with Crippen molar-refractivity contribution in [1.82, 2.24) is 5.32 Å². The average Bonchev–Trinajstić information content (AvgIpc) is 2.81. The van der Waals surface area contributed by atoms with E-state index in [-0.39, 0.29) is 0 Å². The number of nitrogens with one attached hydrogen (secondary N) is 1. The molecular weight excluding hydrogens is 218 g/mol. The summed E-state index contributed by atoms with van der Waals surface area (Å²) < 4.78 is 0. The Labute approximate surface area is 113 Å². The Morgan fingerprint density at radius 2 is 1.67 bits per heavy atom. The zero-order valence-electron chi connectivity index (χ0n) is 12.3. The van der Waals surface area contributed by atoms with Gasteiger partial charge in [-0.25, -0.2) is 0 Å². The molecule has 1 N–H and O–H groups in total. The highest BCUT2D eigenvalue weighted by atomic mass is 14.9. The summed E-state index contributed by atoms with van der Waals surface area (Å²) in [4.78, 5) is 0. The Bertz CT molecular complexity index is 259. The highest BCUT2D eigenvalue weighted by Gasteiger charge is 2.66. The summed E-state index contributed by atoms with van der Waals surface area (Å²) in [6.45, 7) is 2.30. The fourth-order valence-corrected chi connectivity index (χ4v) is 5.43. The number of rotatable bonds is 8. The number of unbranched alkanes of at least 4 members (excludes halogenated alkanes) is 4. The molecule has 0 radical (unpaired) electrons. The molecule has 0 saturated heterocycles. The van der Waals surface area contributed by atoms with E-state index < -0.39 is 0 Å². The normalized spacial score (nSPS) is 42.0. The molecule has 1 nitrogen and oxygen atoms in total. The molecule has 3 aliphatic rings. The van der Waals surface area contributed by atoms with E-state index in [4.69, 9.17) is 0 Å². The largest absolute Gasteiger partial charge is 0.317 e. The predicted octanol–water partition coefficient (Wildman–Crippen LogP) is 4.23. The molecule has 0 aliphatic heterocycles. The molecule has 18 heavy (non-hydrogen) atoms. The third kappa shape index (κ3) is 2.24. The summed E-state index contributed by atoms with van der Waals surface area (Å²) >= 11 is 0. The van der Waals surface area contributed by atoms with Gasteiger partial charge < -0.3 is 5.32 Å². The summed E-state index contributed by atoms with van der Waals surface area (Å²) in [5.74, 6) is 5.66. The Morgan fingerprint density at radius 1 is 1.00 bits per heavy atom.